The Balaban J connectivity index is 2.59. The minimum absolute atomic E-state index is 0.148. The molecule has 0 aliphatic rings. The Morgan fingerprint density at radius 3 is 2.68 bits per heavy atom. The first-order valence-corrected chi connectivity index (χ1v) is 5.25. The molecule has 0 saturated heterocycles. The third-order valence-electron chi connectivity index (χ3n) is 2.16. The van der Waals surface area contributed by atoms with Crippen LogP contribution in [0.1, 0.15) is 16.8 Å². The van der Waals surface area contributed by atoms with Crippen LogP contribution in [0, 0.1) is 11.3 Å². The number of nitriles is 1. The van der Waals surface area contributed by atoms with Crippen molar-refractivity contribution < 1.29 is 22.8 Å². The summed E-state index contributed by atoms with van der Waals surface area (Å²) in [4.78, 5) is 22.2. The molecule has 1 amide bonds. The highest BCUT2D eigenvalue weighted by atomic mass is 19.4. The Labute approximate surface area is 106 Å². The summed E-state index contributed by atoms with van der Waals surface area (Å²) in [6, 6.07) is 2.83. The van der Waals surface area contributed by atoms with Gasteiger partial charge >= 0.3 is 6.18 Å². The minimum atomic E-state index is -4.93. The van der Waals surface area contributed by atoms with Gasteiger partial charge in [0.1, 0.15) is 6.54 Å². The lowest BCUT2D eigenvalue weighted by atomic mass is 10.2. The van der Waals surface area contributed by atoms with Crippen molar-refractivity contribution in [3.8, 4) is 6.07 Å². The van der Waals surface area contributed by atoms with Gasteiger partial charge in [-0.25, -0.2) is 0 Å². The number of nitrogens with zero attached hydrogens (tertiary/aromatic N) is 2. The molecule has 102 valence electrons. The predicted molar refractivity (Wildman–Crippen MR) is 58.1 cm³/mol. The number of carbonyl (C=O) groups is 2. The van der Waals surface area contributed by atoms with E-state index in [2.05, 4.69) is 5.32 Å². The third-order valence-corrected chi connectivity index (χ3v) is 2.16. The van der Waals surface area contributed by atoms with Gasteiger partial charge < -0.3 is 9.88 Å². The van der Waals surface area contributed by atoms with E-state index in [1.807, 2.05) is 6.07 Å². The zero-order chi connectivity index (χ0) is 14.5. The Kier molecular flexibility index (Phi) is 4.69. The fourth-order valence-corrected chi connectivity index (χ4v) is 1.32. The fraction of sp³-hybridized carbons (Fsp3) is 0.364. The summed E-state index contributed by atoms with van der Waals surface area (Å²) in [6.45, 7) is -0.0402. The number of halogens is 3. The summed E-state index contributed by atoms with van der Waals surface area (Å²) in [5.41, 5.74) is -0.516. The highest BCUT2D eigenvalue weighted by Gasteiger charge is 2.39. The highest BCUT2D eigenvalue weighted by molar-refractivity contribution is 6.00. The number of nitrogens with one attached hydrogen (secondary N) is 1. The summed E-state index contributed by atoms with van der Waals surface area (Å²) in [7, 11) is 0. The van der Waals surface area contributed by atoms with E-state index in [9.17, 15) is 22.8 Å². The first-order valence-electron chi connectivity index (χ1n) is 5.25. The highest BCUT2D eigenvalue weighted by Crippen LogP contribution is 2.21. The second-order valence-corrected chi connectivity index (χ2v) is 3.66. The molecule has 0 radical (unpaired) electrons. The number of alkyl halides is 3. The van der Waals surface area contributed by atoms with Gasteiger partial charge in [-0.3, -0.25) is 9.59 Å². The number of amides is 1. The van der Waals surface area contributed by atoms with Gasteiger partial charge in [-0.15, -0.1) is 0 Å². The fourth-order valence-electron chi connectivity index (χ4n) is 1.32. The molecule has 0 saturated carbocycles. The van der Waals surface area contributed by atoms with Crippen molar-refractivity contribution in [2.45, 2.75) is 19.1 Å². The molecular formula is C11H10F3N3O2. The zero-order valence-corrected chi connectivity index (χ0v) is 9.70. The molecule has 0 fully saturated rings. The van der Waals surface area contributed by atoms with E-state index in [0.717, 1.165) is 12.3 Å². The van der Waals surface area contributed by atoms with Crippen LogP contribution in [0.5, 0.6) is 0 Å². The normalized spacial score (nSPS) is 10.8. The predicted octanol–water partition coefficient (Wildman–Crippen LogP) is 1.26. The number of carbonyl (C=O) groups excluding carboxylic acids is 2. The Morgan fingerprint density at radius 1 is 1.42 bits per heavy atom. The summed E-state index contributed by atoms with van der Waals surface area (Å²) >= 11 is 0. The average Bonchev–Trinajstić information content (AvgIpc) is 2.75. The van der Waals surface area contributed by atoms with Crippen molar-refractivity contribution in [3.05, 3.63) is 24.0 Å². The van der Waals surface area contributed by atoms with Crippen molar-refractivity contribution in [3.63, 3.8) is 0 Å². The second-order valence-electron chi connectivity index (χ2n) is 3.66. The van der Waals surface area contributed by atoms with E-state index < -0.39 is 23.4 Å². The van der Waals surface area contributed by atoms with Crippen molar-refractivity contribution in [2.24, 2.45) is 0 Å². The Morgan fingerprint density at radius 2 is 2.11 bits per heavy atom. The molecule has 0 aliphatic heterocycles. The molecule has 0 bridgehead atoms. The molecule has 1 aromatic rings. The van der Waals surface area contributed by atoms with E-state index in [4.69, 9.17) is 5.26 Å². The van der Waals surface area contributed by atoms with Gasteiger partial charge in [0.2, 0.25) is 5.91 Å². The Hall–Kier alpha value is -2.30. The molecule has 0 unspecified atom stereocenters. The van der Waals surface area contributed by atoms with Crippen molar-refractivity contribution in [1.82, 2.24) is 9.88 Å². The largest absolute Gasteiger partial charge is 0.454 e. The van der Waals surface area contributed by atoms with Crippen LogP contribution in [-0.2, 0) is 11.3 Å². The first kappa shape index (κ1) is 14.8. The first-order chi connectivity index (χ1) is 8.84. The quantitative estimate of drug-likeness (QED) is 0.648. The summed E-state index contributed by atoms with van der Waals surface area (Å²) in [5, 5.41) is 10.7. The molecule has 5 nitrogen and oxygen atoms in total. The van der Waals surface area contributed by atoms with Crippen LogP contribution < -0.4 is 5.32 Å². The molecule has 0 aliphatic carbocycles. The number of hydrogen-bond acceptors (Lipinski definition) is 3. The molecule has 1 aromatic heterocycles. The van der Waals surface area contributed by atoms with E-state index >= 15 is 0 Å². The van der Waals surface area contributed by atoms with Gasteiger partial charge in [0, 0.05) is 24.5 Å². The van der Waals surface area contributed by atoms with E-state index in [1.54, 1.807) is 0 Å². The zero-order valence-electron chi connectivity index (χ0n) is 9.70. The number of Topliss-reactive ketones (excluding diaryl/α,β-unsaturated/α-hetero) is 1. The maximum Gasteiger partial charge on any atom is 0.454 e. The Bertz CT molecular complexity index is 514. The summed E-state index contributed by atoms with van der Waals surface area (Å²) < 4.78 is 37.6. The van der Waals surface area contributed by atoms with Gasteiger partial charge in [-0.05, 0) is 6.07 Å². The molecule has 1 N–H and O–H groups in total. The molecule has 0 atom stereocenters. The lowest BCUT2D eigenvalue weighted by molar-refractivity contribution is -0.121. The minimum Gasteiger partial charge on any atom is -0.354 e. The summed E-state index contributed by atoms with van der Waals surface area (Å²) in [5.74, 6) is -2.40. The SMILES string of the molecule is N#CCCNC(=O)Cn1ccc(C(=O)C(F)(F)F)c1. The van der Waals surface area contributed by atoms with Crippen LogP contribution in [0.4, 0.5) is 13.2 Å². The smallest absolute Gasteiger partial charge is 0.354 e. The van der Waals surface area contributed by atoms with E-state index in [0.29, 0.717) is 0 Å². The monoisotopic (exact) mass is 273 g/mol. The molecular weight excluding hydrogens is 263 g/mol. The van der Waals surface area contributed by atoms with Crippen molar-refractivity contribution in [2.75, 3.05) is 6.54 Å². The number of aromatic nitrogens is 1. The van der Waals surface area contributed by atoms with Gasteiger partial charge in [0.15, 0.2) is 0 Å². The van der Waals surface area contributed by atoms with Gasteiger partial charge in [0.05, 0.1) is 12.5 Å². The summed E-state index contributed by atoms with van der Waals surface area (Å²) in [6.07, 6.45) is -2.61. The topological polar surface area (TPSA) is 74.9 Å². The van der Waals surface area contributed by atoms with E-state index in [-0.39, 0.29) is 19.5 Å². The third kappa shape index (κ3) is 4.46. The maximum absolute atomic E-state index is 12.1. The van der Waals surface area contributed by atoms with Crippen LogP contribution in [-0.4, -0.2) is 29.0 Å². The lowest BCUT2D eigenvalue weighted by Gasteiger charge is -2.04. The van der Waals surface area contributed by atoms with Gasteiger partial charge in [-0.2, -0.15) is 18.4 Å². The van der Waals surface area contributed by atoms with Crippen LogP contribution in [0.25, 0.3) is 0 Å². The molecule has 1 rings (SSSR count). The second kappa shape index (κ2) is 6.04. The molecule has 0 aromatic carbocycles. The molecule has 0 spiro atoms. The molecule has 19 heavy (non-hydrogen) atoms. The van der Waals surface area contributed by atoms with Crippen LogP contribution in [0.15, 0.2) is 18.5 Å². The number of rotatable bonds is 5. The molecule has 8 heteroatoms. The van der Waals surface area contributed by atoms with Crippen LogP contribution >= 0.6 is 0 Å². The van der Waals surface area contributed by atoms with Gasteiger partial charge in [-0.1, -0.05) is 0 Å². The average molecular weight is 273 g/mol. The van der Waals surface area contributed by atoms with Crippen molar-refractivity contribution >= 4 is 11.7 Å². The van der Waals surface area contributed by atoms with Gasteiger partial charge in [0.25, 0.3) is 5.78 Å². The maximum atomic E-state index is 12.1. The molecule has 1 heterocycles. The number of ketones is 1. The number of hydrogen-bond donors (Lipinski definition) is 1. The van der Waals surface area contributed by atoms with Crippen molar-refractivity contribution in [1.29, 1.82) is 5.26 Å². The lowest BCUT2D eigenvalue weighted by Crippen LogP contribution is -2.28. The standard InChI is InChI=1S/C11H10F3N3O2/c12-11(13,14)10(19)8-2-5-17(6-8)7-9(18)16-4-1-3-15/h2,5-6H,1,4,7H2,(H,16,18). The van der Waals surface area contributed by atoms with Crippen LogP contribution in [0.2, 0.25) is 0 Å². The van der Waals surface area contributed by atoms with Crippen LogP contribution in [0.3, 0.4) is 0 Å². The van der Waals surface area contributed by atoms with E-state index in [1.165, 1.54) is 10.8 Å².